The third kappa shape index (κ3) is 6.62. The van der Waals surface area contributed by atoms with Gasteiger partial charge in [-0.15, -0.1) is 0 Å². The molecular weight excluding hydrogens is 150 g/mol. The number of hydroxylamine groups is 2. The monoisotopic (exact) mass is 173 g/mol. The first kappa shape index (κ1) is 11.9. The molecule has 0 atom stereocenters. The van der Waals surface area contributed by atoms with Crippen LogP contribution in [0.4, 0.5) is 0 Å². The highest BCUT2D eigenvalue weighted by Crippen LogP contribution is 2.00. The third-order valence-corrected chi connectivity index (χ3v) is 1.98. The molecule has 12 heavy (non-hydrogen) atoms. The maximum atomic E-state index is 5.52. The van der Waals surface area contributed by atoms with Gasteiger partial charge in [-0.2, -0.15) is 5.06 Å². The summed E-state index contributed by atoms with van der Waals surface area (Å²) in [6.45, 7) is 9.34. The van der Waals surface area contributed by atoms with E-state index < -0.39 is 0 Å². The Bertz CT molecular complexity index is 81.9. The van der Waals surface area contributed by atoms with Crippen molar-refractivity contribution in [3.63, 3.8) is 0 Å². The summed E-state index contributed by atoms with van der Waals surface area (Å²) in [7, 11) is 0. The van der Waals surface area contributed by atoms with Crippen molar-refractivity contribution >= 4 is 0 Å². The van der Waals surface area contributed by atoms with Crippen LogP contribution >= 0.6 is 0 Å². The minimum Gasteiger partial charge on any atom is -0.299 e. The molecule has 0 radical (unpaired) electrons. The molecule has 0 aliphatic heterocycles. The Labute approximate surface area is 76.9 Å². The minimum atomic E-state index is 0.891. The standard InChI is InChI=1S/C10H23NO/c1-4-7-8-9-10-12-11(5-2)6-3/h4-10H2,1-3H3. The molecule has 0 aliphatic carbocycles. The molecule has 2 heteroatoms. The van der Waals surface area contributed by atoms with Gasteiger partial charge < -0.3 is 0 Å². The summed E-state index contributed by atoms with van der Waals surface area (Å²) in [6.07, 6.45) is 5.13. The van der Waals surface area contributed by atoms with Crippen LogP contribution < -0.4 is 0 Å². The number of unbranched alkanes of at least 4 members (excludes halogenated alkanes) is 3. The van der Waals surface area contributed by atoms with Gasteiger partial charge >= 0.3 is 0 Å². The van der Waals surface area contributed by atoms with Gasteiger partial charge in [0.25, 0.3) is 0 Å². The average molecular weight is 173 g/mol. The van der Waals surface area contributed by atoms with Crippen LogP contribution in [0.25, 0.3) is 0 Å². The van der Waals surface area contributed by atoms with E-state index in [4.69, 9.17) is 4.84 Å². The second kappa shape index (κ2) is 9.01. The van der Waals surface area contributed by atoms with Crippen molar-refractivity contribution in [2.45, 2.75) is 46.5 Å². The molecule has 0 aromatic carbocycles. The van der Waals surface area contributed by atoms with E-state index in [1.807, 2.05) is 5.06 Å². The van der Waals surface area contributed by atoms with Crippen molar-refractivity contribution in [1.82, 2.24) is 5.06 Å². The van der Waals surface area contributed by atoms with E-state index in [-0.39, 0.29) is 0 Å². The van der Waals surface area contributed by atoms with E-state index >= 15 is 0 Å². The highest BCUT2D eigenvalue weighted by Gasteiger charge is 1.97. The Morgan fingerprint density at radius 2 is 1.58 bits per heavy atom. The van der Waals surface area contributed by atoms with Crippen LogP contribution in [-0.4, -0.2) is 24.8 Å². The van der Waals surface area contributed by atoms with Gasteiger partial charge in [0, 0.05) is 13.1 Å². The fourth-order valence-electron chi connectivity index (χ4n) is 1.13. The molecule has 0 aromatic rings. The SMILES string of the molecule is CCCCCCON(CC)CC. The van der Waals surface area contributed by atoms with Crippen LogP contribution in [-0.2, 0) is 4.84 Å². The average Bonchev–Trinajstić information content (AvgIpc) is 2.11. The Kier molecular flexibility index (Phi) is 8.95. The highest BCUT2D eigenvalue weighted by molar-refractivity contribution is 4.39. The lowest BCUT2D eigenvalue weighted by molar-refractivity contribution is -0.153. The lowest BCUT2D eigenvalue weighted by Gasteiger charge is -2.17. The summed E-state index contributed by atoms with van der Waals surface area (Å²) in [5.41, 5.74) is 0. The highest BCUT2D eigenvalue weighted by atomic mass is 16.7. The number of nitrogens with zero attached hydrogens (tertiary/aromatic N) is 1. The van der Waals surface area contributed by atoms with Crippen molar-refractivity contribution in [1.29, 1.82) is 0 Å². The van der Waals surface area contributed by atoms with E-state index in [2.05, 4.69) is 20.8 Å². The molecule has 0 fully saturated rings. The van der Waals surface area contributed by atoms with Crippen molar-refractivity contribution in [3.05, 3.63) is 0 Å². The lowest BCUT2D eigenvalue weighted by Crippen LogP contribution is -2.23. The summed E-state index contributed by atoms with van der Waals surface area (Å²) in [4.78, 5) is 5.52. The summed E-state index contributed by atoms with van der Waals surface area (Å²) in [6, 6.07) is 0. The predicted molar refractivity (Wildman–Crippen MR) is 53.0 cm³/mol. The molecule has 0 aromatic heterocycles. The lowest BCUT2D eigenvalue weighted by atomic mass is 10.2. The van der Waals surface area contributed by atoms with E-state index in [1.54, 1.807) is 0 Å². The quantitative estimate of drug-likeness (QED) is 0.413. The van der Waals surface area contributed by atoms with E-state index in [0.717, 1.165) is 19.7 Å². The molecule has 74 valence electrons. The zero-order chi connectivity index (χ0) is 9.23. The molecule has 0 N–H and O–H groups in total. The third-order valence-electron chi connectivity index (χ3n) is 1.98. The molecule has 2 nitrogen and oxygen atoms in total. The van der Waals surface area contributed by atoms with Crippen LogP contribution in [0.3, 0.4) is 0 Å². The van der Waals surface area contributed by atoms with Gasteiger partial charge in [-0.1, -0.05) is 40.0 Å². The number of hydrogen-bond acceptors (Lipinski definition) is 2. The first-order valence-electron chi connectivity index (χ1n) is 5.23. The van der Waals surface area contributed by atoms with Crippen LogP contribution in [0.1, 0.15) is 46.5 Å². The Hall–Kier alpha value is -0.0800. The molecule has 0 aliphatic rings. The first-order valence-corrected chi connectivity index (χ1v) is 5.23. The Morgan fingerprint density at radius 3 is 2.08 bits per heavy atom. The maximum absolute atomic E-state index is 5.52. The summed E-state index contributed by atoms with van der Waals surface area (Å²) in [5.74, 6) is 0. The van der Waals surface area contributed by atoms with Gasteiger partial charge in [0.2, 0.25) is 0 Å². The van der Waals surface area contributed by atoms with E-state index in [9.17, 15) is 0 Å². The van der Waals surface area contributed by atoms with Crippen molar-refractivity contribution in [2.75, 3.05) is 19.7 Å². The van der Waals surface area contributed by atoms with Crippen molar-refractivity contribution in [2.24, 2.45) is 0 Å². The van der Waals surface area contributed by atoms with Crippen molar-refractivity contribution < 1.29 is 4.84 Å². The van der Waals surface area contributed by atoms with Gasteiger partial charge in [0.1, 0.15) is 0 Å². The second-order valence-electron chi connectivity index (χ2n) is 3.01. The van der Waals surface area contributed by atoms with Crippen LogP contribution in [0.5, 0.6) is 0 Å². The van der Waals surface area contributed by atoms with Gasteiger partial charge in [-0.3, -0.25) is 4.84 Å². The van der Waals surface area contributed by atoms with Gasteiger partial charge in [-0.25, -0.2) is 0 Å². The first-order chi connectivity index (χ1) is 5.85. The normalized spacial score (nSPS) is 11.0. The van der Waals surface area contributed by atoms with E-state index in [1.165, 1.54) is 25.7 Å². The predicted octanol–water partition coefficient (Wildman–Crippen LogP) is 2.84. The van der Waals surface area contributed by atoms with Crippen LogP contribution in [0.2, 0.25) is 0 Å². The zero-order valence-corrected chi connectivity index (χ0v) is 8.81. The minimum absolute atomic E-state index is 0.891. The Morgan fingerprint density at radius 1 is 0.917 bits per heavy atom. The molecule has 0 rings (SSSR count). The molecular formula is C10H23NO. The summed E-state index contributed by atoms with van der Waals surface area (Å²) in [5, 5.41) is 2.01. The van der Waals surface area contributed by atoms with Gasteiger partial charge in [0.05, 0.1) is 6.61 Å². The van der Waals surface area contributed by atoms with Crippen molar-refractivity contribution in [3.8, 4) is 0 Å². The number of rotatable bonds is 8. The molecule has 0 amide bonds. The maximum Gasteiger partial charge on any atom is 0.0685 e. The van der Waals surface area contributed by atoms with Crippen LogP contribution in [0.15, 0.2) is 0 Å². The fourth-order valence-corrected chi connectivity index (χ4v) is 1.13. The molecule has 0 unspecified atom stereocenters. The molecule has 0 saturated heterocycles. The fraction of sp³-hybridized carbons (Fsp3) is 1.00. The topological polar surface area (TPSA) is 12.5 Å². The smallest absolute Gasteiger partial charge is 0.0685 e. The zero-order valence-electron chi connectivity index (χ0n) is 8.81. The van der Waals surface area contributed by atoms with Gasteiger partial charge in [0.15, 0.2) is 0 Å². The molecule has 0 saturated carbocycles. The molecule has 0 spiro atoms. The molecule has 0 bridgehead atoms. The summed E-state index contributed by atoms with van der Waals surface area (Å²) >= 11 is 0. The Balaban J connectivity index is 3.06. The largest absolute Gasteiger partial charge is 0.299 e. The second-order valence-corrected chi connectivity index (χ2v) is 3.01. The summed E-state index contributed by atoms with van der Waals surface area (Å²) < 4.78 is 0. The van der Waals surface area contributed by atoms with E-state index in [0.29, 0.717) is 0 Å². The number of hydrogen-bond donors (Lipinski definition) is 0. The van der Waals surface area contributed by atoms with Crippen LogP contribution in [0, 0.1) is 0 Å². The van der Waals surface area contributed by atoms with Gasteiger partial charge in [-0.05, 0) is 6.42 Å². The molecule has 0 heterocycles.